The van der Waals surface area contributed by atoms with Crippen LogP contribution in [0.4, 0.5) is 5.82 Å². The smallest absolute Gasteiger partial charge is 0.157 e. The lowest BCUT2D eigenvalue weighted by atomic mass is 10.1. The van der Waals surface area contributed by atoms with Gasteiger partial charge in [0.25, 0.3) is 0 Å². The number of fused-ring (bicyclic) bond motifs is 2. The van der Waals surface area contributed by atoms with Crippen LogP contribution in [0.25, 0.3) is 5.65 Å². The summed E-state index contributed by atoms with van der Waals surface area (Å²) in [4.78, 5) is 7.40. The van der Waals surface area contributed by atoms with Crippen molar-refractivity contribution in [1.82, 2.24) is 19.9 Å². The summed E-state index contributed by atoms with van der Waals surface area (Å²) in [5.74, 6) is 1.31. The second-order valence-electron chi connectivity index (χ2n) is 6.11. The highest BCUT2D eigenvalue weighted by Crippen LogP contribution is 2.28. The van der Waals surface area contributed by atoms with Crippen LogP contribution in [-0.4, -0.2) is 40.8 Å². The highest BCUT2D eigenvalue weighted by molar-refractivity contribution is 5.57. The van der Waals surface area contributed by atoms with Crippen molar-refractivity contribution in [3.8, 4) is 0 Å². The average molecular weight is 285 g/mol. The molecule has 2 aromatic heterocycles. The molecule has 1 saturated heterocycles. The molecule has 0 spiro atoms. The standard InChI is InChI=1S/C16H23N5/c1-2-4-12-20(11-3-1)16-13-5-8-17-9-6-14(13)19-15-7-10-18-21(15)16/h7,10,17H,1-6,8-9,11-12H2. The van der Waals surface area contributed by atoms with Crippen LogP contribution in [0.1, 0.15) is 36.9 Å². The summed E-state index contributed by atoms with van der Waals surface area (Å²) in [6.07, 6.45) is 9.25. The average Bonchev–Trinajstić information content (AvgIpc) is 2.70. The molecular weight excluding hydrogens is 262 g/mol. The van der Waals surface area contributed by atoms with E-state index in [9.17, 15) is 0 Å². The number of rotatable bonds is 1. The Morgan fingerprint density at radius 2 is 1.81 bits per heavy atom. The maximum absolute atomic E-state index is 4.85. The maximum Gasteiger partial charge on any atom is 0.157 e. The van der Waals surface area contributed by atoms with Crippen molar-refractivity contribution in [3.63, 3.8) is 0 Å². The maximum atomic E-state index is 4.85. The van der Waals surface area contributed by atoms with Crippen molar-refractivity contribution in [2.45, 2.75) is 38.5 Å². The minimum Gasteiger partial charge on any atom is -0.356 e. The second kappa shape index (κ2) is 5.64. The zero-order valence-electron chi connectivity index (χ0n) is 12.5. The molecule has 0 saturated carbocycles. The van der Waals surface area contributed by atoms with Gasteiger partial charge in [0.2, 0.25) is 0 Å². The lowest BCUT2D eigenvalue weighted by molar-refractivity contribution is 0.706. The molecule has 1 N–H and O–H groups in total. The number of anilines is 1. The topological polar surface area (TPSA) is 45.5 Å². The van der Waals surface area contributed by atoms with Crippen molar-refractivity contribution in [1.29, 1.82) is 0 Å². The Balaban J connectivity index is 1.87. The van der Waals surface area contributed by atoms with Crippen LogP contribution in [-0.2, 0) is 12.8 Å². The molecule has 5 nitrogen and oxygen atoms in total. The monoisotopic (exact) mass is 285 g/mol. The first kappa shape index (κ1) is 13.1. The quantitative estimate of drug-likeness (QED) is 0.868. The highest BCUT2D eigenvalue weighted by Gasteiger charge is 2.22. The zero-order chi connectivity index (χ0) is 14.1. The number of nitrogens with one attached hydrogen (secondary N) is 1. The van der Waals surface area contributed by atoms with Gasteiger partial charge in [-0.05, 0) is 25.8 Å². The van der Waals surface area contributed by atoms with Gasteiger partial charge in [0.05, 0.1) is 11.9 Å². The van der Waals surface area contributed by atoms with Crippen LogP contribution in [0, 0.1) is 0 Å². The van der Waals surface area contributed by atoms with E-state index in [0.717, 1.165) is 44.7 Å². The van der Waals surface area contributed by atoms with E-state index < -0.39 is 0 Å². The van der Waals surface area contributed by atoms with E-state index in [1.807, 2.05) is 12.3 Å². The van der Waals surface area contributed by atoms with E-state index in [4.69, 9.17) is 4.98 Å². The van der Waals surface area contributed by atoms with E-state index >= 15 is 0 Å². The number of nitrogens with zero attached hydrogens (tertiary/aromatic N) is 4. The molecule has 112 valence electrons. The van der Waals surface area contributed by atoms with Crippen LogP contribution in [0.15, 0.2) is 12.3 Å². The Morgan fingerprint density at radius 1 is 1.00 bits per heavy atom. The molecule has 0 bridgehead atoms. The molecule has 5 heteroatoms. The third-order valence-corrected chi connectivity index (χ3v) is 4.69. The fourth-order valence-electron chi connectivity index (χ4n) is 3.62. The first-order valence-electron chi connectivity index (χ1n) is 8.24. The van der Waals surface area contributed by atoms with Gasteiger partial charge < -0.3 is 10.2 Å². The molecule has 2 aliphatic heterocycles. The molecule has 4 rings (SSSR count). The van der Waals surface area contributed by atoms with E-state index in [1.54, 1.807) is 0 Å². The second-order valence-corrected chi connectivity index (χ2v) is 6.11. The lowest BCUT2D eigenvalue weighted by Gasteiger charge is -2.26. The summed E-state index contributed by atoms with van der Waals surface area (Å²) in [5.41, 5.74) is 3.68. The van der Waals surface area contributed by atoms with Crippen LogP contribution >= 0.6 is 0 Å². The van der Waals surface area contributed by atoms with Crippen molar-refractivity contribution >= 4 is 11.5 Å². The largest absolute Gasteiger partial charge is 0.356 e. The highest BCUT2D eigenvalue weighted by atomic mass is 15.3. The molecular formula is C16H23N5. The van der Waals surface area contributed by atoms with E-state index in [-0.39, 0.29) is 0 Å². The summed E-state index contributed by atoms with van der Waals surface area (Å²) in [7, 11) is 0. The fraction of sp³-hybridized carbons (Fsp3) is 0.625. The Labute approximate surface area is 125 Å². The zero-order valence-corrected chi connectivity index (χ0v) is 12.5. The Kier molecular flexibility index (Phi) is 3.51. The normalized spacial score (nSPS) is 20.1. The van der Waals surface area contributed by atoms with Gasteiger partial charge in [0.1, 0.15) is 5.82 Å². The van der Waals surface area contributed by atoms with E-state index in [0.29, 0.717) is 0 Å². The van der Waals surface area contributed by atoms with Crippen molar-refractivity contribution < 1.29 is 0 Å². The van der Waals surface area contributed by atoms with Gasteiger partial charge >= 0.3 is 0 Å². The minimum absolute atomic E-state index is 0.995. The predicted molar refractivity (Wildman–Crippen MR) is 83.9 cm³/mol. The summed E-state index contributed by atoms with van der Waals surface area (Å²) in [6.45, 7) is 4.38. The molecule has 21 heavy (non-hydrogen) atoms. The molecule has 2 aromatic rings. The Hall–Kier alpha value is -1.62. The molecule has 1 fully saturated rings. The molecule has 0 unspecified atom stereocenters. The molecule has 2 aliphatic rings. The van der Waals surface area contributed by atoms with Crippen molar-refractivity contribution in [2.75, 3.05) is 31.1 Å². The summed E-state index contributed by atoms with van der Waals surface area (Å²) in [5, 5.41) is 8.05. The van der Waals surface area contributed by atoms with Gasteiger partial charge in [0.15, 0.2) is 5.65 Å². The number of aromatic nitrogens is 3. The van der Waals surface area contributed by atoms with Gasteiger partial charge in [-0.15, -0.1) is 0 Å². The predicted octanol–water partition coefficient (Wildman–Crippen LogP) is 1.80. The van der Waals surface area contributed by atoms with Crippen molar-refractivity contribution in [3.05, 3.63) is 23.5 Å². The summed E-state index contributed by atoms with van der Waals surface area (Å²) in [6, 6.07) is 2.03. The molecule has 0 aromatic carbocycles. The first-order chi connectivity index (χ1) is 10.4. The molecule has 4 heterocycles. The first-order valence-corrected chi connectivity index (χ1v) is 8.24. The van der Waals surface area contributed by atoms with Crippen LogP contribution in [0.3, 0.4) is 0 Å². The van der Waals surface area contributed by atoms with E-state index in [1.165, 1.54) is 42.8 Å². The van der Waals surface area contributed by atoms with Crippen LogP contribution < -0.4 is 10.2 Å². The molecule has 0 aliphatic carbocycles. The molecule has 0 radical (unpaired) electrons. The van der Waals surface area contributed by atoms with E-state index in [2.05, 4.69) is 19.8 Å². The third-order valence-electron chi connectivity index (χ3n) is 4.69. The molecule has 0 amide bonds. The Morgan fingerprint density at radius 3 is 2.67 bits per heavy atom. The van der Waals surface area contributed by atoms with Crippen LogP contribution in [0.2, 0.25) is 0 Å². The van der Waals surface area contributed by atoms with Gasteiger partial charge in [-0.2, -0.15) is 9.61 Å². The summed E-state index contributed by atoms with van der Waals surface area (Å²) >= 11 is 0. The number of hydrogen-bond acceptors (Lipinski definition) is 4. The Bertz CT molecular complexity index is 625. The van der Waals surface area contributed by atoms with Crippen molar-refractivity contribution in [2.24, 2.45) is 0 Å². The SMILES string of the molecule is c1cc2nc3c(c(N4CCCCCC4)n2n1)CCNCC3. The lowest BCUT2D eigenvalue weighted by Crippen LogP contribution is -2.29. The third kappa shape index (κ3) is 2.39. The van der Waals surface area contributed by atoms with Crippen LogP contribution in [0.5, 0.6) is 0 Å². The van der Waals surface area contributed by atoms with Gasteiger partial charge in [-0.3, -0.25) is 0 Å². The molecule has 0 atom stereocenters. The summed E-state index contributed by atoms with van der Waals surface area (Å²) < 4.78 is 2.06. The van der Waals surface area contributed by atoms with Gasteiger partial charge in [-0.1, -0.05) is 12.8 Å². The minimum atomic E-state index is 0.995. The van der Waals surface area contributed by atoms with Gasteiger partial charge in [0, 0.05) is 37.7 Å². The number of hydrogen-bond donors (Lipinski definition) is 1. The van der Waals surface area contributed by atoms with Gasteiger partial charge in [-0.25, -0.2) is 4.98 Å². The fourth-order valence-corrected chi connectivity index (χ4v) is 3.62.